The molecule has 0 atom stereocenters. The molecule has 32 heavy (non-hydrogen) atoms. The van der Waals surface area contributed by atoms with Gasteiger partial charge in [0.25, 0.3) is 0 Å². The van der Waals surface area contributed by atoms with Crippen molar-refractivity contribution in [2.24, 2.45) is 0 Å². The number of nitrogens with zero attached hydrogens (tertiary/aromatic N) is 5. The Balaban J connectivity index is 1.49. The number of rotatable bonds is 7. The number of hydrogen-bond donors (Lipinski definition) is 0. The second-order valence-electron chi connectivity index (χ2n) is 6.93. The fourth-order valence-electron chi connectivity index (χ4n) is 3.45. The van der Waals surface area contributed by atoms with Crippen LogP contribution in [0.1, 0.15) is 18.1 Å². The zero-order valence-electron chi connectivity index (χ0n) is 16.5. The molecule has 0 aliphatic heterocycles. The number of aromatic nitrogens is 5. The Morgan fingerprint density at radius 3 is 2.56 bits per heavy atom. The van der Waals surface area contributed by atoms with Crippen molar-refractivity contribution in [1.29, 1.82) is 0 Å². The largest absolute Gasteiger partial charge is 0.467 e. The molecule has 0 saturated heterocycles. The molecule has 0 aliphatic rings. The van der Waals surface area contributed by atoms with E-state index in [-0.39, 0.29) is 11.6 Å². The fourth-order valence-corrected chi connectivity index (χ4v) is 4.45. The Hall–Kier alpha value is -3.17. The van der Waals surface area contributed by atoms with Crippen molar-refractivity contribution in [2.75, 3.05) is 0 Å². The first-order valence-electron chi connectivity index (χ1n) is 9.68. The minimum absolute atomic E-state index is 0.204. The lowest BCUT2D eigenvalue weighted by Gasteiger charge is -2.10. The highest BCUT2D eigenvalue weighted by Crippen LogP contribution is 2.30. The maximum absolute atomic E-state index is 13.8. The van der Waals surface area contributed by atoms with E-state index in [0.717, 1.165) is 15.9 Å². The summed E-state index contributed by atoms with van der Waals surface area (Å²) >= 11 is 7.31. The van der Waals surface area contributed by atoms with Crippen LogP contribution in [0.3, 0.4) is 0 Å². The van der Waals surface area contributed by atoms with Gasteiger partial charge in [0.1, 0.15) is 11.6 Å². The molecule has 162 valence electrons. The Morgan fingerprint density at radius 1 is 1.00 bits per heavy atom. The number of furan rings is 1. The van der Waals surface area contributed by atoms with Gasteiger partial charge in [-0.3, -0.25) is 9.13 Å². The number of para-hydroxylation sites is 2. The minimum Gasteiger partial charge on any atom is -0.467 e. The summed E-state index contributed by atoms with van der Waals surface area (Å²) in [6, 6.07) is 17.8. The summed E-state index contributed by atoms with van der Waals surface area (Å²) in [7, 11) is 0. The number of hydrogen-bond acceptors (Lipinski definition) is 5. The first kappa shape index (κ1) is 20.7. The van der Waals surface area contributed by atoms with E-state index in [0.29, 0.717) is 33.6 Å². The van der Waals surface area contributed by atoms with Crippen LogP contribution in [0.4, 0.5) is 8.78 Å². The molecule has 0 saturated carbocycles. The molecule has 2 aromatic carbocycles. The van der Waals surface area contributed by atoms with Crippen molar-refractivity contribution in [3.8, 4) is 11.4 Å². The van der Waals surface area contributed by atoms with Gasteiger partial charge in [0, 0.05) is 10.6 Å². The van der Waals surface area contributed by atoms with E-state index in [9.17, 15) is 8.78 Å². The van der Waals surface area contributed by atoms with Gasteiger partial charge in [-0.25, -0.2) is 4.98 Å². The Labute approximate surface area is 190 Å². The van der Waals surface area contributed by atoms with Crippen LogP contribution in [0, 0.1) is 0 Å². The van der Waals surface area contributed by atoms with Crippen LogP contribution in [0.25, 0.3) is 22.4 Å². The predicted octanol–water partition coefficient (Wildman–Crippen LogP) is 6.28. The lowest BCUT2D eigenvalue weighted by molar-refractivity contribution is 0.0722. The van der Waals surface area contributed by atoms with Gasteiger partial charge in [0.2, 0.25) is 0 Å². The van der Waals surface area contributed by atoms with Gasteiger partial charge in [0.05, 0.1) is 29.6 Å². The third-order valence-corrected chi connectivity index (χ3v) is 6.12. The van der Waals surface area contributed by atoms with Crippen molar-refractivity contribution in [2.45, 2.75) is 24.0 Å². The molecule has 5 aromatic rings. The zero-order chi connectivity index (χ0) is 22.1. The second kappa shape index (κ2) is 8.76. The summed E-state index contributed by atoms with van der Waals surface area (Å²) in [6.45, 7) is -2.30. The summed E-state index contributed by atoms with van der Waals surface area (Å²) in [5.41, 5.74) is 1.76. The molecule has 0 N–H and O–H groups in total. The zero-order valence-corrected chi connectivity index (χ0v) is 18.1. The van der Waals surface area contributed by atoms with Crippen LogP contribution in [0.5, 0.6) is 0 Å². The molecule has 0 unspecified atom stereocenters. The molecule has 5 rings (SSSR count). The van der Waals surface area contributed by atoms with Gasteiger partial charge >= 0.3 is 6.55 Å². The van der Waals surface area contributed by atoms with Gasteiger partial charge in [0.15, 0.2) is 11.0 Å². The molecule has 0 aliphatic carbocycles. The highest BCUT2D eigenvalue weighted by Gasteiger charge is 2.20. The smallest absolute Gasteiger partial charge is 0.320 e. The van der Waals surface area contributed by atoms with Gasteiger partial charge in [-0.1, -0.05) is 35.5 Å². The molecular weight excluding hydrogens is 456 g/mol. The summed E-state index contributed by atoms with van der Waals surface area (Å²) in [5, 5.41) is 9.84. The number of benzene rings is 2. The van der Waals surface area contributed by atoms with E-state index < -0.39 is 6.55 Å². The quantitative estimate of drug-likeness (QED) is 0.261. The van der Waals surface area contributed by atoms with Crippen molar-refractivity contribution in [3.63, 3.8) is 0 Å². The predicted molar refractivity (Wildman–Crippen MR) is 119 cm³/mol. The van der Waals surface area contributed by atoms with E-state index in [2.05, 4.69) is 15.2 Å². The molecule has 0 amide bonds. The van der Waals surface area contributed by atoms with Crippen LogP contribution < -0.4 is 0 Å². The lowest BCUT2D eigenvalue weighted by Crippen LogP contribution is -2.06. The molecule has 3 heterocycles. The Kier molecular flexibility index (Phi) is 5.67. The summed E-state index contributed by atoms with van der Waals surface area (Å²) < 4.78 is 35.9. The molecule has 10 heteroatoms. The van der Waals surface area contributed by atoms with Crippen LogP contribution in [0.15, 0.2) is 76.5 Å². The van der Waals surface area contributed by atoms with E-state index in [1.54, 1.807) is 48.7 Å². The van der Waals surface area contributed by atoms with Crippen LogP contribution in [-0.2, 0) is 12.3 Å². The highest BCUT2D eigenvalue weighted by molar-refractivity contribution is 7.98. The fraction of sp³-hybridized carbons (Fsp3) is 0.136. The maximum Gasteiger partial charge on any atom is 0.320 e. The molecule has 0 radical (unpaired) electrons. The van der Waals surface area contributed by atoms with Gasteiger partial charge in [-0.05, 0) is 48.5 Å². The van der Waals surface area contributed by atoms with Crippen molar-refractivity contribution < 1.29 is 13.2 Å². The first-order chi connectivity index (χ1) is 15.6. The van der Waals surface area contributed by atoms with Crippen molar-refractivity contribution >= 4 is 34.4 Å². The normalized spacial score (nSPS) is 11.6. The van der Waals surface area contributed by atoms with E-state index in [1.165, 1.54) is 11.8 Å². The molecule has 0 spiro atoms. The van der Waals surface area contributed by atoms with Crippen LogP contribution in [0.2, 0.25) is 5.02 Å². The monoisotopic (exact) mass is 471 g/mol. The average Bonchev–Trinajstić information content (AvgIpc) is 3.52. The number of fused-ring (bicyclic) bond motifs is 1. The molecule has 0 fully saturated rings. The third kappa shape index (κ3) is 4.01. The molecular formula is C22H16ClF2N5OS. The number of alkyl halides is 2. The van der Waals surface area contributed by atoms with Gasteiger partial charge < -0.3 is 4.42 Å². The molecule has 3 aromatic heterocycles. The Bertz CT molecular complexity index is 1350. The first-order valence-corrected chi connectivity index (χ1v) is 11.0. The van der Waals surface area contributed by atoms with Gasteiger partial charge in [-0.2, -0.15) is 8.78 Å². The number of thioether (sulfide) groups is 1. The summed E-state index contributed by atoms with van der Waals surface area (Å²) in [4.78, 5) is 4.40. The SMILES string of the molecule is FC(F)n1c(CSc2nnc(-c3ccc(Cl)cc3)n2Cc2ccco2)nc2ccccc21. The van der Waals surface area contributed by atoms with Crippen molar-refractivity contribution in [3.05, 3.63) is 83.5 Å². The van der Waals surface area contributed by atoms with E-state index >= 15 is 0 Å². The molecule has 0 bridgehead atoms. The topological polar surface area (TPSA) is 61.7 Å². The summed E-state index contributed by atoms with van der Waals surface area (Å²) in [5.74, 6) is 1.83. The lowest BCUT2D eigenvalue weighted by atomic mass is 10.2. The standard InChI is InChI=1S/C22H16ClF2N5OS/c23-15-9-7-14(8-10-15)20-27-28-22(29(20)12-16-4-3-11-31-16)32-13-19-26-17-5-1-2-6-18(17)30(19)21(24)25/h1-11,21H,12-13H2. The van der Waals surface area contributed by atoms with E-state index in [4.69, 9.17) is 16.0 Å². The third-order valence-electron chi connectivity index (χ3n) is 4.91. The number of imidazole rings is 1. The van der Waals surface area contributed by atoms with E-state index in [1.807, 2.05) is 22.8 Å². The average molecular weight is 472 g/mol. The minimum atomic E-state index is -2.69. The second-order valence-corrected chi connectivity index (χ2v) is 8.31. The number of halogens is 3. The van der Waals surface area contributed by atoms with Crippen molar-refractivity contribution in [1.82, 2.24) is 24.3 Å². The maximum atomic E-state index is 13.8. The van der Waals surface area contributed by atoms with Crippen LogP contribution >= 0.6 is 23.4 Å². The highest BCUT2D eigenvalue weighted by atomic mass is 35.5. The van der Waals surface area contributed by atoms with Crippen LogP contribution in [-0.4, -0.2) is 24.3 Å². The molecule has 6 nitrogen and oxygen atoms in total. The Morgan fingerprint density at radius 2 is 1.81 bits per heavy atom. The summed E-state index contributed by atoms with van der Waals surface area (Å²) in [6.07, 6.45) is 1.60. The van der Waals surface area contributed by atoms with Gasteiger partial charge in [-0.15, -0.1) is 10.2 Å².